The molecule has 1 amide bonds. The fourth-order valence-corrected chi connectivity index (χ4v) is 1.97. The van der Waals surface area contributed by atoms with Gasteiger partial charge in [-0.05, 0) is 24.6 Å². The van der Waals surface area contributed by atoms with Gasteiger partial charge in [-0.3, -0.25) is 19.9 Å². The summed E-state index contributed by atoms with van der Waals surface area (Å²) >= 11 is 0. The van der Waals surface area contributed by atoms with Crippen LogP contribution in [0.15, 0.2) is 48.7 Å². The molecule has 0 bridgehead atoms. The zero-order chi connectivity index (χ0) is 15.4. The first-order valence-corrected chi connectivity index (χ1v) is 6.43. The smallest absolute Gasteiger partial charge is 0.272 e. The van der Waals surface area contributed by atoms with Crippen LogP contribution in [0.4, 0.5) is 5.69 Å². The summed E-state index contributed by atoms with van der Waals surface area (Å²) in [5.41, 5.74) is 1.06. The Hall–Kier alpha value is -2.76. The molecule has 0 unspecified atom stereocenters. The lowest BCUT2D eigenvalue weighted by molar-refractivity contribution is -0.384. The highest BCUT2D eigenvalue weighted by atomic mass is 16.6. The molecule has 2 aromatic rings. The van der Waals surface area contributed by atoms with Crippen molar-refractivity contribution in [2.75, 3.05) is 7.05 Å². The monoisotopic (exact) mass is 285 g/mol. The van der Waals surface area contributed by atoms with E-state index in [1.807, 2.05) is 6.92 Å². The Bertz CT molecular complexity index is 658. The van der Waals surface area contributed by atoms with E-state index in [0.717, 1.165) is 0 Å². The van der Waals surface area contributed by atoms with Crippen molar-refractivity contribution in [1.82, 2.24) is 9.88 Å². The van der Waals surface area contributed by atoms with Gasteiger partial charge >= 0.3 is 0 Å². The van der Waals surface area contributed by atoms with Crippen molar-refractivity contribution in [2.45, 2.75) is 13.0 Å². The summed E-state index contributed by atoms with van der Waals surface area (Å²) in [5, 5.41) is 10.8. The van der Waals surface area contributed by atoms with Crippen LogP contribution in [-0.4, -0.2) is 27.8 Å². The molecule has 0 saturated heterocycles. The van der Waals surface area contributed by atoms with Crippen LogP contribution < -0.4 is 0 Å². The van der Waals surface area contributed by atoms with Gasteiger partial charge in [0.2, 0.25) is 0 Å². The summed E-state index contributed by atoms with van der Waals surface area (Å²) in [5.74, 6) is -0.227. The van der Waals surface area contributed by atoms with E-state index in [4.69, 9.17) is 0 Å². The number of hydrogen-bond acceptors (Lipinski definition) is 4. The third kappa shape index (κ3) is 3.22. The van der Waals surface area contributed by atoms with Crippen LogP contribution in [0.25, 0.3) is 0 Å². The van der Waals surface area contributed by atoms with E-state index in [1.165, 1.54) is 17.0 Å². The van der Waals surface area contributed by atoms with Gasteiger partial charge in [-0.25, -0.2) is 0 Å². The van der Waals surface area contributed by atoms with Crippen molar-refractivity contribution in [1.29, 1.82) is 0 Å². The lowest BCUT2D eigenvalue weighted by Gasteiger charge is -2.24. The summed E-state index contributed by atoms with van der Waals surface area (Å²) in [6.07, 6.45) is 1.55. The number of hydrogen-bond donors (Lipinski definition) is 0. The zero-order valence-electron chi connectivity index (χ0n) is 11.8. The Balaban J connectivity index is 2.23. The first kappa shape index (κ1) is 14.6. The van der Waals surface area contributed by atoms with Crippen molar-refractivity contribution in [3.63, 3.8) is 0 Å². The third-order valence-electron chi connectivity index (χ3n) is 3.35. The predicted molar refractivity (Wildman–Crippen MR) is 77.8 cm³/mol. The Kier molecular flexibility index (Phi) is 4.27. The minimum atomic E-state index is -0.448. The van der Waals surface area contributed by atoms with E-state index in [2.05, 4.69) is 4.98 Å². The molecule has 1 atom stereocenters. The molecule has 1 aromatic heterocycles. The molecule has 1 aromatic carbocycles. The van der Waals surface area contributed by atoms with Crippen LogP contribution in [0.3, 0.4) is 0 Å². The van der Waals surface area contributed by atoms with Crippen LogP contribution in [0, 0.1) is 10.1 Å². The molecule has 6 heteroatoms. The molecular formula is C15H15N3O3. The highest BCUT2D eigenvalue weighted by Crippen LogP contribution is 2.23. The Morgan fingerprint density at radius 1 is 1.29 bits per heavy atom. The van der Waals surface area contributed by atoms with Crippen LogP contribution in [0.1, 0.15) is 29.0 Å². The lowest BCUT2D eigenvalue weighted by Crippen LogP contribution is -2.30. The van der Waals surface area contributed by atoms with E-state index in [9.17, 15) is 14.9 Å². The van der Waals surface area contributed by atoms with Crippen LogP contribution in [0.5, 0.6) is 0 Å². The molecule has 108 valence electrons. The maximum atomic E-state index is 12.3. The number of nitrogens with zero attached hydrogens (tertiary/aromatic N) is 3. The van der Waals surface area contributed by atoms with E-state index in [1.54, 1.807) is 43.6 Å². The number of non-ortho nitro benzene ring substituents is 1. The summed E-state index contributed by atoms with van der Waals surface area (Å²) in [6, 6.07) is 11.1. The van der Waals surface area contributed by atoms with Gasteiger partial charge in [0.25, 0.3) is 11.6 Å². The number of nitro groups is 1. The van der Waals surface area contributed by atoms with E-state index in [0.29, 0.717) is 11.3 Å². The molecule has 2 rings (SSSR count). The number of amides is 1. The largest absolute Gasteiger partial charge is 0.334 e. The number of aromatic nitrogens is 1. The van der Waals surface area contributed by atoms with E-state index >= 15 is 0 Å². The molecule has 0 spiro atoms. The number of rotatable bonds is 4. The molecular weight excluding hydrogens is 270 g/mol. The normalized spacial score (nSPS) is 11.7. The average molecular weight is 285 g/mol. The maximum Gasteiger partial charge on any atom is 0.272 e. The number of pyridine rings is 1. The summed E-state index contributed by atoms with van der Waals surface area (Å²) < 4.78 is 0. The van der Waals surface area contributed by atoms with Gasteiger partial charge in [-0.1, -0.05) is 18.2 Å². The highest BCUT2D eigenvalue weighted by molar-refractivity contribution is 5.92. The highest BCUT2D eigenvalue weighted by Gasteiger charge is 2.21. The second-order valence-corrected chi connectivity index (χ2v) is 4.66. The predicted octanol–water partition coefficient (Wildman–Crippen LogP) is 2.82. The SMILES string of the molecule is C[C@H](c1cccc([N+](=O)[O-])c1)N(C)C(=O)c1ccccn1. The van der Waals surface area contributed by atoms with Crippen molar-refractivity contribution in [3.05, 3.63) is 70.0 Å². The van der Waals surface area contributed by atoms with Crippen molar-refractivity contribution in [2.24, 2.45) is 0 Å². The molecule has 0 fully saturated rings. The molecule has 6 nitrogen and oxygen atoms in total. The average Bonchev–Trinajstić information content (AvgIpc) is 2.53. The fraction of sp³-hybridized carbons (Fsp3) is 0.200. The Morgan fingerprint density at radius 2 is 2.05 bits per heavy atom. The van der Waals surface area contributed by atoms with Crippen LogP contribution >= 0.6 is 0 Å². The maximum absolute atomic E-state index is 12.3. The first-order valence-electron chi connectivity index (χ1n) is 6.43. The second-order valence-electron chi connectivity index (χ2n) is 4.66. The van der Waals surface area contributed by atoms with Gasteiger partial charge in [0.05, 0.1) is 11.0 Å². The number of carbonyl (C=O) groups excluding carboxylic acids is 1. The molecule has 0 aliphatic carbocycles. The summed E-state index contributed by atoms with van der Waals surface area (Å²) in [6.45, 7) is 1.82. The third-order valence-corrected chi connectivity index (χ3v) is 3.35. The Morgan fingerprint density at radius 3 is 2.67 bits per heavy atom. The molecule has 0 saturated carbocycles. The topological polar surface area (TPSA) is 76.3 Å². The molecule has 0 N–H and O–H groups in total. The zero-order valence-corrected chi connectivity index (χ0v) is 11.8. The number of benzene rings is 1. The first-order chi connectivity index (χ1) is 10.0. The van der Waals surface area contributed by atoms with Gasteiger partial charge in [-0.15, -0.1) is 0 Å². The van der Waals surface area contributed by atoms with Crippen LogP contribution in [0.2, 0.25) is 0 Å². The van der Waals surface area contributed by atoms with Gasteiger partial charge in [0.15, 0.2) is 0 Å². The van der Waals surface area contributed by atoms with Gasteiger partial charge < -0.3 is 4.90 Å². The number of nitro benzene ring substituents is 1. The van der Waals surface area contributed by atoms with Crippen molar-refractivity contribution < 1.29 is 9.72 Å². The molecule has 0 aliphatic heterocycles. The molecule has 1 heterocycles. The minimum absolute atomic E-state index is 0.0121. The van der Waals surface area contributed by atoms with Gasteiger partial charge in [0.1, 0.15) is 5.69 Å². The van der Waals surface area contributed by atoms with Gasteiger partial charge in [0, 0.05) is 25.4 Å². The van der Waals surface area contributed by atoms with Gasteiger partial charge in [-0.2, -0.15) is 0 Å². The minimum Gasteiger partial charge on any atom is -0.334 e. The summed E-state index contributed by atoms with van der Waals surface area (Å²) in [4.78, 5) is 28.2. The number of carbonyl (C=O) groups is 1. The lowest BCUT2D eigenvalue weighted by atomic mass is 10.1. The van der Waals surface area contributed by atoms with Crippen molar-refractivity contribution in [3.8, 4) is 0 Å². The second kappa shape index (κ2) is 6.13. The summed E-state index contributed by atoms with van der Waals surface area (Å²) in [7, 11) is 1.65. The van der Waals surface area contributed by atoms with E-state index < -0.39 is 4.92 Å². The van der Waals surface area contributed by atoms with Crippen molar-refractivity contribution >= 4 is 11.6 Å². The Labute approximate surface area is 122 Å². The quantitative estimate of drug-likeness (QED) is 0.639. The molecule has 21 heavy (non-hydrogen) atoms. The molecule has 0 aliphatic rings. The van der Waals surface area contributed by atoms with Crippen LogP contribution in [-0.2, 0) is 0 Å². The fourth-order valence-electron chi connectivity index (χ4n) is 1.97. The molecule has 0 radical (unpaired) electrons. The van der Waals surface area contributed by atoms with E-state index in [-0.39, 0.29) is 17.6 Å². The standard InChI is InChI=1S/C15H15N3O3/c1-11(12-6-5-7-13(10-12)18(20)21)17(2)15(19)14-8-3-4-9-16-14/h3-11H,1-2H3/t11-/m1/s1.